The lowest BCUT2D eigenvalue weighted by Crippen LogP contribution is -2.05. The molecule has 0 saturated carbocycles. The van der Waals surface area contributed by atoms with Crippen LogP contribution in [0.15, 0.2) is 42.5 Å². The van der Waals surface area contributed by atoms with Crippen LogP contribution in [0.5, 0.6) is 0 Å². The van der Waals surface area contributed by atoms with Gasteiger partial charge in [-0.05, 0) is 52.3 Å². The molecule has 2 aromatic carbocycles. The number of rotatable bonds is 3. The Morgan fingerprint density at radius 1 is 1.16 bits per heavy atom. The van der Waals surface area contributed by atoms with Crippen LogP contribution in [0.2, 0.25) is 0 Å². The molecule has 1 heterocycles. The average Bonchev–Trinajstić information content (AvgIpc) is 2.89. The molecule has 1 unspecified atom stereocenters. The van der Waals surface area contributed by atoms with Crippen molar-refractivity contribution in [2.45, 2.75) is 18.9 Å². The van der Waals surface area contributed by atoms with Crippen molar-refractivity contribution in [3.05, 3.63) is 62.7 Å². The van der Waals surface area contributed by atoms with Crippen LogP contribution in [-0.4, -0.2) is 11.7 Å². The molecule has 3 heteroatoms. The van der Waals surface area contributed by atoms with Gasteiger partial charge in [0, 0.05) is 27.8 Å². The first-order valence-corrected chi connectivity index (χ1v) is 7.60. The third kappa shape index (κ3) is 2.77. The minimum atomic E-state index is -0.444. The molecule has 0 aromatic heterocycles. The van der Waals surface area contributed by atoms with E-state index in [9.17, 15) is 5.11 Å². The average molecular weight is 365 g/mol. The summed E-state index contributed by atoms with van der Waals surface area (Å²) in [7, 11) is 0. The van der Waals surface area contributed by atoms with Crippen molar-refractivity contribution in [2.75, 3.05) is 11.9 Å². The van der Waals surface area contributed by atoms with E-state index in [0.717, 1.165) is 24.2 Å². The SMILES string of the molecule is OC(Cc1ccc(I)cc1)c1cccc2c1NCC2. The zero-order chi connectivity index (χ0) is 13.2. The molecule has 0 bridgehead atoms. The van der Waals surface area contributed by atoms with Crippen molar-refractivity contribution in [2.24, 2.45) is 0 Å². The predicted molar refractivity (Wildman–Crippen MR) is 86.5 cm³/mol. The van der Waals surface area contributed by atoms with Crippen LogP contribution >= 0.6 is 22.6 Å². The Kier molecular flexibility index (Phi) is 3.75. The van der Waals surface area contributed by atoms with E-state index in [1.165, 1.54) is 14.7 Å². The quantitative estimate of drug-likeness (QED) is 0.816. The lowest BCUT2D eigenvalue weighted by atomic mass is 9.98. The molecule has 0 saturated heterocycles. The van der Waals surface area contributed by atoms with Gasteiger partial charge in [0.1, 0.15) is 0 Å². The maximum Gasteiger partial charge on any atom is 0.0850 e. The highest BCUT2D eigenvalue weighted by molar-refractivity contribution is 14.1. The lowest BCUT2D eigenvalue weighted by molar-refractivity contribution is 0.179. The van der Waals surface area contributed by atoms with Crippen molar-refractivity contribution in [1.82, 2.24) is 0 Å². The fourth-order valence-electron chi connectivity index (χ4n) is 2.60. The van der Waals surface area contributed by atoms with E-state index in [1.807, 2.05) is 12.1 Å². The van der Waals surface area contributed by atoms with E-state index < -0.39 is 6.10 Å². The van der Waals surface area contributed by atoms with Gasteiger partial charge in [0.2, 0.25) is 0 Å². The largest absolute Gasteiger partial charge is 0.388 e. The number of nitrogens with one attached hydrogen (secondary N) is 1. The Labute approximate surface area is 127 Å². The van der Waals surface area contributed by atoms with E-state index in [0.29, 0.717) is 6.42 Å². The van der Waals surface area contributed by atoms with Gasteiger partial charge in [0.15, 0.2) is 0 Å². The standard InChI is InChI=1S/C16H16INO/c17-13-6-4-11(5-7-13)10-15(19)14-3-1-2-12-8-9-18-16(12)14/h1-7,15,18-19H,8-10H2. The van der Waals surface area contributed by atoms with Crippen LogP contribution in [0, 0.1) is 3.57 Å². The van der Waals surface area contributed by atoms with Gasteiger partial charge in [-0.1, -0.05) is 30.3 Å². The highest BCUT2D eigenvalue weighted by Gasteiger charge is 2.18. The third-order valence-electron chi connectivity index (χ3n) is 3.58. The molecule has 2 N–H and O–H groups in total. The number of hydrogen-bond acceptors (Lipinski definition) is 2. The first kappa shape index (κ1) is 12.9. The molecule has 0 amide bonds. The van der Waals surface area contributed by atoms with Crippen LogP contribution in [0.3, 0.4) is 0 Å². The Bertz CT molecular complexity index is 580. The predicted octanol–water partition coefficient (Wildman–Crippen LogP) is 3.54. The van der Waals surface area contributed by atoms with Gasteiger partial charge < -0.3 is 10.4 Å². The van der Waals surface area contributed by atoms with Crippen LogP contribution in [0.25, 0.3) is 0 Å². The number of anilines is 1. The van der Waals surface area contributed by atoms with E-state index >= 15 is 0 Å². The Morgan fingerprint density at radius 2 is 1.95 bits per heavy atom. The molecule has 1 atom stereocenters. The van der Waals surface area contributed by atoms with Crippen LogP contribution in [0.4, 0.5) is 5.69 Å². The summed E-state index contributed by atoms with van der Waals surface area (Å²) in [4.78, 5) is 0. The molecule has 0 radical (unpaired) electrons. The zero-order valence-corrected chi connectivity index (χ0v) is 12.7. The number of hydrogen-bond donors (Lipinski definition) is 2. The fraction of sp³-hybridized carbons (Fsp3) is 0.250. The van der Waals surface area contributed by atoms with Gasteiger partial charge in [-0.3, -0.25) is 0 Å². The molecular formula is C16H16INO. The number of halogens is 1. The van der Waals surface area contributed by atoms with E-state index in [2.05, 4.69) is 58.2 Å². The summed E-state index contributed by atoms with van der Waals surface area (Å²) in [5.41, 5.74) is 4.65. The monoisotopic (exact) mass is 365 g/mol. The summed E-state index contributed by atoms with van der Waals surface area (Å²) >= 11 is 2.29. The molecule has 0 fully saturated rings. The maximum atomic E-state index is 10.5. The molecule has 2 aromatic rings. The van der Waals surface area contributed by atoms with Gasteiger partial charge in [-0.25, -0.2) is 0 Å². The summed E-state index contributed by atoms with van der Waals surface area (Å²) in [5, 5.41) is 13.8. The molecule has 0 aliphatic carbocycles. The number of aliphatic hydroxyl groups excluding tert-OH is 1. The second-order valence-corrected chi connectivity index (χ2v) is 6.15. The molecule has 1 aliphatic rings. The first-order valence-electron chi connectivity index (χ1n) is 6.52. The molecule has 3 rings (SSSR count). The second-order valence-electron chi connectivity index (χ2n) is 4.90. The van der Waals surface area contributed by atoms with E-state index in [1.54, 1.807) is 0 Å². The van der Waals surface area contributed by atoms with Crippen molar-refractivity contribution in [3.63, 3.8) is 0 Å². The summed E-state index contributed by atoms with van der Waals surface area (Å²) in [6.45, 7) is 0.975. The van der Waals surface area contributed by atoms with E-state index in [-0.39, 0.29) is 0 Å². The normalized spacial score (nSPS) is 14.8. The number of para-hydroxylation sites is 1. The minimum absolute atomic E-state index is 0.444. The molecule has 1 aliphatic heterocycles. The van der Waals surface area contributed by atoms with Crippen LogP contribution in [0.1, 0.15) is 22.8 Å². The summed E-state index contributed by atoms with van der Waals surface area (Å²) in [6.07, 6.45) is 1.27. The Balaban J connectivity index is 1.83. The summed E-state index contributed by atoms with van der Waals surface area (Å²) < 4.78 is 1.22. The lowest BCUT2D eigenvalue weighted by Gasteiger charge is -2.15. The number of fused-ring (bicyclic) bond motifs is 1. The first-order chi connectivity index (χ1) is 9.24. The number of benzene rings is 2. The molecule has 2 nitrogen and oxygen atoms in total. The third-order valence-corrected chi connectivity index (χ3v) is 4.30. The highest BCUT2D eigenvalue weighted by atomic mass is 127. The second kappa shape index (κ2) is 5.51. The van der Waals surface area contributed by atoms with Gasteiger partial charge in [0.25, 0.3) is 0 Å². The van der Waals surface area contributed by atoms with Crippen molar-refractivity contribution < 1.29 is 5.11 Å². The molecule has 0 spiro atoms. The molecule has 19 heavy (non-hydrogen) atoms. The molecule has 98 valence electrons. The fourth-order valence-corrected chi connectivity index (χ4v) is 2.96. The topological polar surface area (TPSA) is 32.3 Å². The number of aliphatic hydroxyl groups is 1. The molecular weight excluding hydrogens is 349 g/mol. The minimum Gasteiger partial charge on any atom is -0.388 e. The van der Waals surface area contributed by atoms with Crippen LogP contribution < -0.4 is 5.32 Å². The highest BCUT2D eigenvalue weighted by Crippen LogP contribution is 2.32. The van der Waals surface area contributed by atoms with Crippen LogP contribution in [-0.2, 0) is 12.8 Å². The van der Waals surface area contributed by atoms with Gasteiger partial charge in [-0.2, -0.15) is 0 Å². The summed E-state index contributed by atoms with van der Waals surface area (Å²) in [6, 6.07) is 14.5. The summed E-state index contributed by atoms with van der Waals surface area (Å²) in [5.74, 6) is 0. The van der Waals surface area contributed by atoms with Crippen molar-refractivity contribution >= 4 is 28.3 Å². The Hall–Kier alpha value is -1.07. The van der Waals surface area contributed by atoms with Gasteiger partial charge in [0.05, 0.1) is 6.10 Å². The smallest absolute Gasteiger partial charge is 0.0850 e. The van der Waals surface area contributed by atoms with E-state index in [4.69, 9.17) is 0 Å². The zero-order valence-electron chi connectivity index (χ0n) is 10.6. The van der Waals surface area contributed by atoms with Gasteiger partial charge in [-0.15, -0.1) is 0 Å². The van der Waals surface area contributed by atoms with Crippen molar-refractivity contribution in [1.29, 1.82) is 0 Å². The van der Waals surface area contributed by atoms with Gasteiger partial charge >= 0.3 is 0 Å². The van der Waals surface area contributed by atoms with Crippen molar-refractivity contribution in [3.8, 4) is 0 Å². The Morgan fingerprint density at radius 3 is 2.74 bits per heavy atom. The maximum absolute atomic E-state index is 10.5.